The Morgan fingerprint density at radius 3 is 2.87 bits per heavy atom. The standard InChI is InChI=1S/C11H10BrFO2/c12-9-3-8(5-14)11(10(13)4-9)15-6-7-1-2-7/h3-5,7H,1-2,6H2. The first-order chi connectivity index (χ1) is 7.20. The Bertz CT molecular complexity index is 388. The fourth-order valence-electron chi connectivity index (χ4n) is 1.31. The lowest BCUT2D eigenvalue weighted by atomic mass is 10.2. The molecule has 1 aromatic rings. The van der Waals surface area contributed by atoms with Gasteiger partial charge in [-0.05, 0) is 30.9 Å². The molecule has 0 bridgehead atoms. The van der Waals surface area contributed by atoms with Gasteiger partial charge in [0.1, 0.15) is 0 Å². The zero-order valence-corrected chi connectivity index (χ0v) is 9.59. The zero-order valence-electron chi connectivity index (χ0n) is 8.00. The minimum atomic E-state index is -0.493. The molecule has 1 fully saturated rings. The predicted molar refractivity (Wildman–Crippen MR) is 57.7 cm³/mol. The van der Waals surface area contributed by atoms with Crippen molar-refractivity contribution < 1.29 is 13.9 Å². The Hall–Kier alpha value is -0.900. The number of carbonyl (C=O) groups excluding carboxylic acids is 1. The molecule has 2 rings (SSSR count). The average molecular weight is 273 g/mol. The Morgan fingerprint density at radius 2 is 2.27 bits per heavy atom. The van der Waals surface area contributed by atoms with Crippen LogP contribution in [-0.2, 0) is 0 Å². The van der Waals surface area contributed by atoms with Gasteiger partial charge in [-0.2, -0.15) is 0 Å². The quantitative estimate of drug-likeness (QED) is 0.787. The van der Waals surface area contributed by atoms with Crippen LogP contribution in [0.25, 0.3) is 0 Å². The van der Waals surface area contributed by atoms with Gasteiger partial charge in [-0.15, -0.1) is 0 Å². The van der Waals surface area contributed by atoms with Crippen molar-refractivity contribution in [1.29, 1.82) is 0 Å². The van der Waals surface area contributed by atoms with Crippen LogP contribution in [0.3, 0.4) is 0 Å². The maximum absolute atomic E-state index is 13.5. The zero-order chi connectivity index (χ0) is 10.8. The largest absolute Gasteiger partial charge is 0.489 e. The van der Waals surface area contributed by atoms with Gasteiger partial charge in [0, 0.05) is 4.47 Å². The number of ether oxygens (including phenoxy) is 1. The van der Waals surface area contributed by atoms with E-state index in [0.29, 0.717) is 23.3 Å². The van der Waals surface area contributed by atoms with E-state index in [0.717, 1.165) is 12.8 Å². The van der Waals surface area contributed by atoms with Crippen LogP contribution in [0.5, 0.6) is 5.75 Å². The summed E-state index contributed by atoms with van der Waals surface area (Å²) in [7, 11) is 0. The monoisotopic (exact) mass is 272 g/mol. The third kappa shape index (κ3) is 2.56. The topological polar surface area (TPSA) is 26.3 Å². The summed E-state index contributed by atoms with van der Waals surface area (Å²) < 4.78 is 19.3. The van der Waals surface area contributed by atoms with Crippen molar-refractivity contribution in [3.8, 4) is 5.75 Å². The van der Waals surface area contributed by atoms with Gasteiger partial charge in [-0.25, -0.2) is 4.39 Å². The van der Waals surface area contributed by atoms with Gasteiger partial charge >= 0.3 is 0 Å². The smallest absolute Gasteiger partial charge is 0.166 e. The maximum atomic E-state index is 13.5. The van der Waals surface area contributed by atoms with Crippen LogP contribution in [0.15, 0.2) is 16.6 Å². The molecule has 0 amide bonds. The van der Waals surface area contributed by atoms with Crippen LogP contribution in [0.2, 0.25) is 0 Å². The number of carbonyl (C=O) groups is 1. The molecular weight excluding hydrogens is 263 g/mol. The fraction of sp³-hybridized carbons (Fsp3) is 0.364. The molecule has 0 aromatic heterocycles. The van der Waals surface area contributed by atoms with Gasteiger partial charge in [0.05, 0.1) is 12.2 Å². The molecule has 1 aliphatic carbocycles. The van der Waals surface area contributed by atoms with Crippen LogP contribution >= 0.6 is 15.9 Å². The Morgan fingerprint density at radius 1 is 1.53 bits per heavy atom. The minimum absolute atomic E-state index is 0.0695. The van der Waals surface area contributed by atoms with E-state index in [9.17, 15) is 9.18 Å². The summed E-state index contributed by atoms with van der Waals surface area (Å²) in [6.07, 6.45) is 2.87. The first-order valence-electron chi connectivity index (χ1n) is 4.77. The molecule has 4 heteroatoms. The average Bonchev–Trinajstić information content (AvgIpc) is 2.99. The first kappa shape index (κ1) is 10.6. The second kappa shape index (κ2) is 4.31. The normalized spacial score (nSPS) is 15.1. The molecule has 2 nitrogen and oxygen atoms in total. The molecule has 15 heavy (non-hydrogen) atoms. The number of hydrogen-bond acceptors (Lipinski definition) is 2. The van der Waals surface area contributed by atoms with E-state index >= 15 is 0 Å². The van der Waals surface area contributed by atoms with E-state index in [4.69, 9.17) is 4.74 Å². The van der Waals surface area contributed by atoms with E-state index in [1.54, 1.807) is 6.07 Å². The van der Waals surface area contributed by atoms with Gasteiger partial charge in [0.25, 0.3) is 0 Å². The lowest BCUT2D eigenvalue weighted by molar-refractivity contribution is 0.111. The lowest BCUT2D eigenvalue weighted by Gasteiger charge is -2.09. The van der Waals surface area contributed by atoms with Gasteiger partial charge in [0.2, 0.25) is 0 Å². The van der Waals surface area contributed by atoms with Crippen LogP contribution in [0.1, 0.15) is 23.2 Å². The summed E-state index contributed by atoms with van der Waals surface area (Å²) in [6.45, 7) is 0.499. The first-order valence-corrected chi connectivity index (χ1v) is 5.57. The molecule has 80 valence electrons. The van der Waals surface area contributed by atoms with Crippen molar-refractivity contribution in [1.82, 2.24) is 0 Å². The Balaban J connectivity index is 2.21. The second-order valence-electron chi connectivity index (χ2n) is 3.68. The number of hydrogen-bond donors (Lipinski definition) is 0. The molecule has 0 unspecified atom stereocenters. The van der Waals surface area contributed by atoms with Crippen LogP contribution in [0.4, 0.5) is 4.39 Å². The molecule has 0 N–H and O–H groups in total. The van der Waals surface area contributed by atoms with E-state index in [-0.39, 0.29) is 11.3 Å². The van der Waals surface area contributed by atoms with E-state index in [2.05, 4.69) is 15.9 Å². The molecule has 1 saturated carbocycles. The van der Waals surface area contributed by atoms with Crippen molar-refractivity contribution in [3.63, 3.8) is 0 Å². The molecule has 0 radical (unpaired) electrons. The van der Waals surface area contributed by atoms with E-state index in [1.807, 2.05) is 0 Å². The highest BCUT2D eigenvalue weighted by Gasteiger charge is 2.23. The molecule has 0 spiro atoms. The third-order valence-corrected chi connectivity index (χ3v) is 2.78. The second-order valence-corrected chi connectivity index (χ2v) is 4.59. The summed E-state index contributed by atoms with van der Waals surface area (Å²) in [5.41, 5.74) is 0.252. The minimum Gasteiger partial charge on any atom is -0.489 e. The van der Waals surface area contributed by atoms with E-state index < -0.39 is 5.82 Å². The molecule has 0 saturated heterocycles. The van der Waals surface area contributed by atoms with Crippen molar-refractivity contribution in [2.75, 3.05) is 6.61 Å². The molecular formula is C11H10BrFO2. The lowest BCUT2D eigenvalue weighted by Crippen LogP contribution is -2.03. The Kier molecular flexibility index (Phi) is 3.05. The summed E-state index contributed by atoms with van der Waals surface area (Å²) in [5.74, 6) is 0.111. The molecule has 0 heterocycles. The van der Waals surface area contributed by atoms with E-state index in [1.165, 1.54) is 6.07 Å². The third-order valence-electron chi connectivity index (χ3n) is 2.32. The van der Waals surface area contributed by atoms with Gasteiger partial charge in [-0.3, -0.25) is 4.79 Å². The van der Waals surface area contributed by atoms with Crippen LogP contribution in [0, 0.1) is 11.7 Å². The molecule has 1 aliphatic rings. The Labute approximate surface area is 95.6 Å². The SMILES string of the molecule is O=Cc1cc(Br)cc(F)c1OCC1CC1. The summed E-state index contributed by atoms with van der Waals surface area (Å²) >= 11 is 3.13. The van der Waals surface area contributed by atoms with Crippen molar-refractivity contribution in [2.45, 2.75) is 12.8 Å². The predicted octanol–water partition coefficient (Wildman–Crippen LogP) is 3.19. The van der Waals surface area contributed by atoms with Crippen LogP contribution in [-0.4, -0.2) is 12.9 Å². The maximum Gasteiger partial charge on any atom is 0.166 e. The fourth-order valence-corrected chi connectivity index (χ4v) is 1.75. The number of benzene rings is 1. The van der Waals surface area contributed by atoms with Crippen molar-refractivity contribution in [3.05, 3.63) is 28.0 Å². The van der Waals surface area contributed by atoms with Crippen molar-refractivity contribution in [2.24, 2.45) is 5.92 Å². The van der Waals surface area contributed by atoms with Crippen molar-refractivity contribution >= 4 is 22.2 Å². The highest BCUT2D eigenvalue weighted by Crippen LogP contribution is 2.32. The highest BCUT2D eigenvalue weighted by atomic mass is 79.9. The summed E-state index contributed by atoms with van der Waals surface area (Å²) in [4.78, 5) is 10.7. The number of aldehydes is 1. The summed E-state index contributed by atoms with van der Waals surface area (Å²) in [5, 5.41) is 0. The number of rotatable bonds is 4. The highest BCUT2D eigenvalue weighted by molar-refractivity contribution is 9.10. The van der Waals surface area contributed by atoms with Crippen LogP contribution < -0.4 is 4.74 Å². The van der Waals surface area contributed by atoms with Gasteiger partial charge in [-0.1, -0.05) is 15.9 Å². The van der Waals surface area contributed by atoms with Gasteiger partial charge < -0.3 is 4.74 Å². The molecule has 0 atom stereocenters. The molecule has 0 aliphatic heterocycles. The summed E-state index contributed by atoms with van der Waals surface area (Å²) in [6, 6.07) is 2.85. The van der Waals surface area contributed by atoms with Gasteiger partial charge in [0.15, 0.2) is 17.9 Å². The number of halogens is 2. The molecule has 1 aromatic carbocycles.